The number of rotatable bonds is 78. The lowest BCUT2D eigenvalue weighted by Crippen LogP contribution is -2.29. The summed E-state index contributed by atoms with van der Waals surface area (Å²) in [7, 11) is -4.39. The van der Waals surface area contributed by atoms with Crippen molar-refractivity contribution < 1.29 is 37.6 Å². The highest BCUT2D eigenvalue weighted by atomic mass is 31.2. The fourth-order valence-corrected chi connectivity index (χ4v) is 13.3. The molecule has 0 aliphatic rings. The molecule has 0 saturated carbocycles. The first-order valence-electron chi connectivity index (χ1n) is 40.5. The van der Waals surface area contributed by atoms with Crippen LogP contribution < -0.4 is 5.73 Å². The molecule has 0 saturated heterocycles. The summed E-state index contributed by atoms with van der Waals surface area (Å²) in [5, 5.41) is 0. The number of ether oxygens (including phenoxy) is 2. The average Bonchev–Trinajstić information content (AvgIpc) is 3.71. The SMILES string of the molecule is CCCCCCC/C=C\C/C=C\C/C=C\CCCCCCCCCCCCCCCCCCCCCCCCCCC(=O)OC(COC(=O)CCCCCCCCCCCCCCCCCCCCCCCCCCCCCCCCC)COP(=O)(O)OCCN. The lowest BCUT2D eigenvalue weighted by atomic mass is 10.0. The maximum absolute atomic E-state index is 12.8. The van der Waals surface area contributed by atoms with E-state index in [-0.39, 0.29) is 38.6 Å². The van der Waals surface area contributed by atoms with Crippen molar-refractivity contribution in [2.45, 2.75) is 444 Å². The third-order valence-electron chi connectivity index (χ3n) is 18.5. The minimum absolute atomic E-state index is 0.0570. The largest absolute Gasteiger partial charge is 0.472 e. The van der Waals surface area contributed by atoms with Gasteiger partial charge in [-0.05, 0) is 51.4 Å². The maximum Gasteiger partial charge on any atom is 0.472 e. The number of allylic oxidation sites excluding steroid dienone is 6. The Bertz CT molecular complexity index is 1590. The van der Waals surface area contributed by atoms with E-state index in [2.05, 4.69) is 50.3 Å². The summed E-state index contributed by atoms with van der Waals surface area (Å²) in [5.41, 5.74) is 5.42. The minimum atomic E-state index is -4.39. The molecule has 0 fully saturated rings. The summed E-state index contributed by atoms with van der Waals surface area (Å²) < 4.78 is 33.3. The number of phosphoric ester groups is 1. The lowest BCUT2D eigenvalue weighted by molar-refractivity contribution is -0.161. The van der Waals surface area contributed by atoms with Crippen LogP contribution in [0, 0.1) is 0 Å². The summed E-state index contributed by atoms with van der Waals surface area (Å²) >= 11 is 0. The lowest BCUT2D eigenvalue weighted by Gasteiger charge is -2.19. The smallest absolute Gasteiger partial charge is 0.462 e. The molecule has 2 unspecified atom stereocenters. The first kappa shape index (κ1) is 89.2. The van der Waals surface area contributed by atoms with Crippen molar-refractivity contribution in [2.24, 2.45) is 5.73 Å². The highest BCUT2D eigenvalue weighted by molar-refractivity contribution is 7.47. The number of hydrogen-bond acceptors (Lipinski definition) is 8. The Labute approximate surface area is 566 Å². The van der Waals surface area contributed by atoms with Gasteiger partial charge < -0.3 is 20.1 Å². The summed E-state index contributed by atoms with van der Waals surface area (Å²) in [6.45, 7) is 3.83. The van der Waals surface area contributed by atoms with Crippen LogP contribution in [0.5, 0.6) is 0 Å². The average molecular weight is 1300 g/mol. The van der Waals surface area contributed by atoms with Crippen LogP contribution >= 0.6 is 7.82 Å². The quantitative estimate of drug-likeness (QED) is 0.0264. The normalized spacial score (nSPS) is 13.0. The molecule has 0 amide bonds. The Hall–Kier alpha value is -1.77. The molecule has 0 aliphatic carbocycles. The fraction of sp³-hybridized carbons (Fsp3) is 0.901. The zero-order chi connectivity index (χ0) is 65.8. The number of nitrogens with two attached hydrogens (primary N) is 1. The molecule has 91 heavy (non-hydrogen) atoms. The van der Waals surface area contributed by atoms with E-state index in [1.165, 1.54) is 360 Å². The van der Waals surface area contributed by atoms with Crippen molar-refractivity contribution in [3.63, 3.8) is 0 Å². The molecule has 538 valence electrons. The van der Waals surface area contributed by atoms with Gasteiger partial charge in [-0.3, -0.25) is 18.6 Å². The first-order chi connectivity index (χ1) is 44.8. The van der Waals surface area contributed by atoms with Gasteiger partial charge in [-0.15, -0.1) is 0 Å². The van der Waals surface area contributed by atoms with E-state index in [1.54, 1.807) is 0 Å². The number of carbonyl (C=O) groups excluding carboxylic acids is 2. The Balaban J connectivity index is 3.74. The number of unbranched alkanes of at least 4 members (excludes halogenated alkanes) is 59. The Kier molecular flexibility index (Phi) is 75.7. The van der Waals surface area contributed by atoms with Gasteiger partial charge in [-0.2, -0.15) is 0 Å². The third kappa shape index (κ3) is 77.1. The molecule has 0 spiro atoms. The van der Waals surface area contributed by atoms with Crippen molar-refractivity contribution >= 4 is 19.8 Å². The van der Waals surface area contributed by atoms with Crippen molar-refractivity contribution in [1.82, 2.24) is 0 Å². The van der Waals surface area contributed by atoms with Crippen molar-refractivity contribution in [2.75, 3.05) is 26.4 Å². The van der Waals surface area contributed by atoms with Gasteiger partial charge in [0.25, 0.3) is 0 Å². The summed E-state index contributed by atoms with van der Waals surface area (Å²) in [4.78, 5) is 35.5. The second-order valence-corrected chi connectivity index (χ2v) is 29.1. The van der Waals surface area contributed by atoms with Gasteiger partial charge in [-0.1, -0.05) is 410 Å². The van der Waals surface area contributed by atoms with Crippen LogP contribution in [0.15, 0.2) is 36.5 Å². The maximum atomic E-state index is 12.8. The molecule has 3 N–H and O–H groups in total. The van der Waals surface area contributed by atoms with Crippen LogP contribution in [0.4, 0.5) is 0 Å². The van der Waals surface area contributed by atoms with Gasteiger partial charge in [0.1, 0.15) is 6.61 Å². The molecule has 9 nitrogen and oxygen atoms in total. The van der Waals surface area contributed by atoms with Crippen LogP contribution in [-0.4, -0.2) is 49.3 Å². The molecular weight excluding hydrogens is 1150 g/mol. The molecule has 0 aromatic carbocycles. The van der Waals surface area contributed by atoms with E-state index >= 15 is 0 Å². The highest BCUT2D eigenvalue weighted by Gasteiger charge is 2.26. The molecule has 0 aromatic heterocycles. The van der Waals surface area contributed by atoms with E-state index in [4.69, 9.17) is 24.3 Å². The van der Waals surface area contributed by atoms with Gasteiger partial charge >= 0.3 is 19.8 Å². The van der Waals surface area contributed by atoms with Crippen LogP contribution in [0.25, 0.3) is 0 Å². The van der Waals surface area contributed by atoms with E-state index in [0.29, 0.717) is 6.42 Å². The van der Waals surface area contributed by atoms with E-state index in [1.807, 2.05) is 0 Å². The van der Waals surface area contributed by atoms with Gasteiger partial charge in [0.05, 0.1) is 13.2 Å². The van der Waals surface area contributed by atoms with Crippen molar-refractivity contribution in [3.8, 4) is 0 Å². The van der Waals surface area contributed by atoms with E-state index in [0.717, 1.165) is 44.9 Å². The third-order valence-corrected chi connectivity index (χ3v) is 19.5. The molecule has 10 heteroatoms. The monoisotopic (exact) mass is 1300 g/mol. The number of esters is 2. The minimum Gasteiger partial charge on any atom is -0.462 e. The van der Waals surface area contributed by atoms with E-state index in [9.17, 15) is 19.0 Å². The Morgan fingerprint density at radius 3 is 0.846 bits per heavy atom. The van der Waals surface area contributed by atoms with Gasteiger partial charge in [0, 0.05) is 19.4 Å². The molecule has 0 heterocycles. The highest BCUT2D eigenvalue weighted by Crippen LogP contribution is 2.43. The number of phosphoric acid groups is 1. The first-order valence-corrected chi connectivity index (χ1v) is 42.0. The standard InChI is InChI=1S/C81H156NO8P/c1-3-5-7-9-11-13-15-17-19-21-23-25-27-29-31-33-35-36-37-38-39-40-41-42-44-46-48-50-52-54-56-58-60-62-64-66-68-70-72-74-81(84)90-79(78-89-91(85,86)88-76-75-82)77-87-80(83)73-71-69-67-65-63-61-59-57-55-53-51-49-47-45-43-34-32-30-28-26-24-22-20-18-16-14-12-10-8-6-4-2/h15,17,21,23,27,29,79H,3-14,16,18-20,22,24-26,28,30-78,82H2,1-2H3,(H,85,86)/b17-15-,23-21-,29-27-. The summed E-state index contributed by atoms with van der Waals surface area (Å²) in [6.07, 6.45) is 98.7. The predicted octanol–water partition coefficient (Wildman–Crippen LogP) is 27.0. The van der Waals surface area contributed by atoms with Crippen LogP contribution in [0.3, 0.4) is 0 Å². The molecule has 2 atom stereocenters. The molecule has 0 bridgehead atoms. The zero-order valence-electron chi connectivity index (χ0n) is 60.9. The molecule has 0 aromatic rings. The van der Waals surface area contributed by atoms with Gasteiger partial charge in [0.15, 0.2) is 6.10 Å². The van der Waals surface area contributed by atoms with Crippen molar-refractivity contribution in [3.05, 3.63) is 36.5 Å². The molecule has 0 aliphatic heterocycles. The second kappa shape index (κ2) is 77.2. The van der Waals surface area contributed by atoms with Gasteiger partial charge in [0.2, 0.25) is 0 Å². The molecule has 0 rings (SSSR count). The zero-order valence-corrected chi connectivity index (χ0v) is 61.8. The Morgan fingerprint density at radius 2 is 0.571 bits per heavy atom. The second-order valence-electron chi connectivity index (χ2n) is 27.7. The molecular formula is C81H156NO8P. The molecule has 0 radical (unpaired) electrons. The van der Waals surface area contributed by atoms with Gasteiger partial charge in [-0.25, -0.2) is 4.57 Å². The predicted molar refractivity (Wildman–Crippen MR) is 395 cm³/mol. The fourth-order valence-electron chi connectivity index (χ4n) is 12.5. The van der Waals surface area contributed by atoms with Crippen molar-refractivity contribution in [1.29, 1.82) is 0 Å². The summed E-state index contributed by atoms with van der Waals surface area (Å²) in [5.74, 6) is -0.799. The van der Waals surface area contributed by atoms with Crippen LogP contribution in [0.1, 0.15) is 438 Å². The summed E-state index contributed by atoms with van der Waals surface area (Å²) in [6, 6.07) is 0. The van der Waals surface area contributed by atoms with E-state index < -0.39 is 26.5 Å². The number of carbonyl (C=O) groups is 2. The number of hydrogen-bond donors (Lipinski definition) is 2. The van der Waals surface area contributed by atoms with Crippen LogP contribution in [0.2, 0.25) is 0 Å². The van der Waals surface area contributed by atoms with Crippen LogP contribution in [-0.2, 0) is 32.7 Å². The Morgan fingerprint density at radius 1 is 0.330 bits per heavy atom. The topological polar surface area (TPSA) is 134 Å².